The zero-order chi connectivity index (χ0) is 17.0. The van der Waals surface area contributed by atoms with Gasteiger partial charge in [-0.25, -0.2) is 0 Å². The summed E-state index contributed by atoms with van der Waals surface area (Å²) in [5.74, 6) is -0.575. The van der Waals surface area contributed by atoms with Crippen LogP contribution in [0.25, 0.3) is 0 Å². The number of primary amides is 1. The lowest BCUT2D eigenvalue weighted by atomic mass is 10.2. The van der Waals surface area contributed by atoms with Crippen molar-refractivity contribution >= 4 is 40.7 Å². The zero-order valence-corrected chi connectivity index (χ0v) is 13.7. The van der Waals surface area contributed by atoms with Crippen LogP contribution in [-0.4, -0.2) is 17.9 Å². The van der Waals surface area contributed by atoms with Gasteiger partial charge >= 0.3 is 0 Å². The highest BCUT2D eigenvalue weighted by molar-refractivity contribution is 6.42. The molecule has 0 spiro atoms. The van der Waals surface area contributed by atoms with Crippen LogP contribution in [0.2, 0.25) is 10.0 Å². The van der Waals surface area contributed by atoms with E-state index < -0.39 is 12.0 Å². The van der Waals surface area contributed by atoms with Crippen LogP contribution in [0.3, 0.4) is 0 Å². The zero-order valence-electron chi connectivity index (χ0n) is 12.2. The summed E-state index contributed by atoms with van der Waals surface area (Å²) in [5.41, 5.74) is 6.04. The number of ether oxygens (including phenoxy) is 1. The minimum atomic E-state index is -0.790. The molecule has 0 aromatic heterocycles. The molecule has 3 N–H and O–H groups in total. The summed E-state index contributed by atoms with van der Waals surface area (Å²) >= 11 is 11.9. The maximum atomic E-state index is 12.1. The molecule has 0 heterocycles. The van der Waals surface area contributed by atoms with E-state index in [1.54, 1.807) is 37.3 Å². The van der Waals surface area contributed by atoms with Gasteiger partial charge in [-0.15, -0.1) is 0 Å². The Labute approximate surface area is 143 Å². The van der Waals surface area contributed by atoms with Crippen molar-refractivity contribution in [3.05, 3.63) is 58.1 Å². The lowest BCUT2D eigenvalue weighted by Gasteiger charge is -2.16. The Bertz CT molecular complexity index is 733. The normalized spacial score (nSPS) is 11.6. The van der Waals surface area contributed by atoms with E-state index in [1.807, 2.05) is 0 Å². The molecule has 0 fully saturated rings. The lowest BCUT2D eigenvalue weighted by molar-refractivity contribution is -0.122. The van der Waals surface area contributed by atoms with E-state index in [2.05, 4.69) is 5.32 Å². The van der Waals surface area contributed by atoms with Crippen molar-refractivity contribution in [3.63, 3.8) is 0 Å². The van der Waals surface area contributed by atoms with Crippen LogP contribution < -0.4 is 15.8 Å². The molecule has 0 saturated carbocycles. The third-order valence-electron chi connectivity index (χ3n) is 3.03. The van der Waals surface area contributed by atoms with Crippen LogP contribution in [0, 0.1) is 0 Å². The first-order valence-electron chi connectivity index (χ1n) is 6.70. The van der Waals surface area contributed by atoms with E-state index in [-0.39, 0.29) is 10.9 Å². The molecule has 5 nitrogen and oxygen atoms in total. The number of nitrogens with two attached hydrogens (primary N) is 1. The maximum Gasteiger partial charge on any atom is 0.265 e. The Morgan fingerprint density at radius 3 is 2.39 bits per heavy atom. The Morgan fingerprint density at radius 1 is 1.13 bits per heavy atom. The number of carbonyl (C=O) groups is 2. The fourth-order valence-corrected chi connectivity index (χ4v) is 2.12. The topological polar surface area (TPSA) is 81.4 Å². The van der Waals surface area contributed by atoms with Gasteiger partial charge < -0.3 is 15.8 Å². The molecule has 0 saturated heterocycles. The first-order valence-corrected chi connectivity index (χ1v) is 7.45. The number of nitrogens with one attached hydrogen (secondary N) is 1. The largest absolute Gasteiger partial charge is 0.479 e. The number of anilines is 1. The molecule has 0 radical (unpaired) electrons. The molecule has 2 aromatic rings. The van der Waals surface area contributed by atoms with Crippen molar-refractivity contribution < 1.29 is 14.3 Å². The van der Waals surface area contributed by atoms with Crippen LogP contribution in [0.4, 0.5) is 5.69 Å². The van der Waals surface area contributed by atoms with E-state index in [0.29, 0.717) is 22.0 Å². The van der Waals surface area contributed by atoms with Gasteiger partial charge in [-0.05, 0) is 43.3 Å². The van der Waals surface area contributed by atoms with Gasteiger partial charge in [0.1, 0.15) is 10.8 Å². The van der Waals surface area contributed by atoms with Gasteiger partial charge in [-0.3, -0.25) is 9.59 Å². The smallest absolute Gasteiger partial charge is 0.265 e. The molecule has 0 aliphatic carbocycles. The summed E-state index contributed by atoms with van der Waals surface area (Å²) in [6, 6.07) is 11.1. The molecule has 0 aliphatic heterocycles. The third-order valence-corrected chi connectivity index (χ3v) is 3.83. The summed E-state index contributed by atoms with van der Waals surface area (Å²) < 4.78 is 5.52. The van der Waals surface area contributed by atoms with Gasteiger partial charge in [0.2, 0.25) is 5.91 Å². The maximum absolute atomic E-state index is 12.1. The minimum Gasteiger partial charge on any atom is -0.479 e. The highest BCUT2D eigenvalue weighted by Gasteiger charge is 2.17. The molecule has 120 valence electrons. The summed E-state index contributed by atoms with van der Waals surface area (Å²) in [4.78, 5) is 23.1. The molecule has 2 amide bonds. The molecule has 0 aliphatic rings. The van der Waals surface area contributed by atoms with E-state index in [9.17, 15) is 9.59 Å². The van der Waals surface area contributed by atoms with Crippen LogP contribution in [-0.2, 0) is 4.79 Å². The Kier molecular flexibility index (Phi) is 5.47. The fraction of sp³-hybridized carbons (Fsp3) is 0.125. The predicted molar refractivity (Wildman–Crippen MR) is 90.1 cm³/mol. The number of rotatable bonds is 5. The summed E-state index contributed by atoms with van der Waals surface area (Å²) in [6.45, 7) is 1.59. The number of hydrogen-bond acceptors (Lipinski definition) is 3. The number of amides is 2. The van der Waals surface area contributed by atoms with Crippen molar-refractivity contribution in [2.45, 2.75) is 13.0 Å². The van der Waals surface area contributed by atoms with Gasteiger partial charge in [0.15, 0.2) is 6.10 Å². The molecule has 2 aromatic carbocycles. The van der Waals surface area contributed by atoms with Gasteiger partial charge in [0.25, 0.3) is 5.91 Å². The second-order valence-corrected chi connectivity index (χ2v) is 5.53. The van der Waals surface area contributed by atoms with E-state index in [0.717, 1.165) is 0 Å². The van der Waals surface area contributed by atoms with Crippen LogP contribution in [0.15, 0.2) is 42.5 Å². The average molecular weight is 353 g/mol. The number of carbonyl (C=O) groups excluding carboxylic acids is 2. The number of halogens is 2. The molecular formula is C16H14Cl2N2O3. The highest BCUT2D eigenvalue weighted by atomic mass is 35.5. The van der Waals surface area contributed by atoms with Gasteiger partial charge in [-0.2, -0.15) is 0 Å². The van der Waals surface area contributed by atoms with E-state index in [1.165, 1.54) is 12.1 Å². The molecule has 1 atom stereocenters. The Balaban J connectivity index is 2.02. The molecule has 7 heteroatoms. The molecule has 0 bridgehead atoms. The SMILES string of the molecule is C[C@H](Oc1cccc(Cl)c1Cl)C(=O)Nc1ccc(C(N)=O)cc1. The number of benzene rings is 2. The summed E-state index contributed by atoms with van der Waals surface area (Å²) in [5, 5.41) is 3.27. The van der Waals surface area contributed by atoms with Crippen molar-refractivity contribution in [3.8, 4) is 5.75 Å². The van der Waals surface area contributed by atoms with Crippen LogP contribution in [0.1, 0.15) is 17.3 Å². The van der Waals surface area contributed by atoms with Crippen LogP contribution >= 0.6 is 23.2 Å². The fourth-order valence-electron chi connectivity index (χ4n) is 1.78. The standard InChI is InChI=1S/C16H14Cl2N2O3/c1-9(23-13-4-2-3-12(17)14(13)18)16(22)20-11-7-5-10(6-8-11)15(19)21/h2-9H,1H3,(H2,19,21)(H,20,22)/t9-/m0/s1. The van der Waals surface area contributed by atoms with E-state index >= 15 is 0 Å². The highest BCUT2D eigenvalue weighted by Crippen LogP contribution is 2.32. The van der Waals surface area contributed by atoms with Gasteiger partial charge in [-0.1, -0.05) is 29.3 Å². The quantitative estimate of drug-likeness (QED) is 0.863. The molecule has 2 rings (SSSR count). The predicted octanol–water partition coefficient (Wildman–Crippen LogP) is 3.50. The molecular weight excluding hydrogens is 339 g/mol. The van der Waals surface area contributed by atoms with Crippen molar-refractivity contribution in [2.24, 2.45) is 5.73 Å². The van der Waals surface area contributed by atoms with Crippen molar-refractivity contribution in [1.82, 2.24) is 0 Å². The molecule has 0 unspecified atom stereocenters. The van der Waals surface area contributed by atoms with Crippen molar-refractivity contribution in [1.29, 1.82) is 0 Å². The summed E-state index contributed by atoms with van der Waals surface area (Å²) in [6.07, 6.45) is -0.790. The second kappa shape index (κ2) is 7.35. The molecule has 23 heavy (non-hydrogen) atoms. The first-order chi connectivity index (χ1) is 10.9. The van der Waals surface area contributed by atoms with Crippen LogP contribution in [0.5, 0.6) is 5.75 Å². The second-order valence-electron chi connectivity index (χ2n) is 4.74. The van der Waals surface area contributed by atoms with Crippen molar-refractivity contribution in [2.75, 3.05) is 5.32 Å². The van der Waals surface area contributed by atoms with Gasteiger partial charge in [0.05, 0.1) is 5.02 Å². The Hall–Kier alpha value is -2.24. The average Bonchev–Trinajstić information content (AvgIpc) is 2.52. The summed E-state index contributed by atoms with van der Waals surface area (Å²) in [7, 11) is 0. The van der Waals surface area contributed by atoms with E-state index in [4.69, 9.17) is 33.7 Å². The first kappa shape index (κ1) is 17.1. The lowest BCUT2D eigenvalue weighted by Crippen LogP contribution is -2.30. The third kappa shape index (κ3) is 4.37. The minimum absolute atomic E-state index is 0.250. The Morgan fingerprint density at radius 2 is 1.78 bits per heavy atom. The monoisotopic (exact) mass is 352 g/mol. The van der Waals surface area contributed by atoms with Gasteiger partial charge in [0, 0.05) is 11.3 Å². The number of hydrogen-bond donors (Lipinski definition) is 2.